The fourth-order valence-corrected chi connectivity index (χ4v) is 3.64. The Labute approximate surface area is 120 Å². The fraction of sp³-hybridized carbons (Fsp3) is 0.867. The Morgan fingerprint density at radius 2 is 1.35 bits per heavy atom. The summed E-state index contributed by atoms with van der Waals surface area (Å²) < 4.78 is 10.1. The molecule has 0 radical (unpaired) electrons. The molecule has 114 valence electrons. The van der Waals surface area contributed by atoms with Crippen LogP contribution in [0.15, 0.2) is 0 Å². The van der Waals surface area contributed by atoms with Crippen LogP contribution < -0.4 is 0 Å². The first kappa shape index (κ1) is 15.3. The van der Waals surface area contributed by atoms with Crippen LogP contribution in [0.25, 0.3) is 0 Å². The molecule has 2 heterocycles. The monoisotopic (exact) mass is 283 g/mol. The van der Waals surface area contributed by atoms with Crippen LogP contribution in [-0.2, 0) is 19.1 Å². The molecule has 0 bridgehead atoms. The van der Waals surface area contributed by atoms with Crippen molar-refractivity contribution in [1.82, 2.24) is 4.90 Å². The third kappa shape index (κ3) is 3.51. The number of esters is 2. The number of carbonyl (C=O) groups excluding carboxylic acids is 2. The summed E-state index contributed by atoms with van der Waals surface area (Å²) in [4.78, 5) is 25.7. The molecule has 5 nitrogen and oxygen atoms in total. The van der Waals surface area contributed by atoms with Gasteiger partial charge in [0.2, 0.25) is 0 Å². The fourth-order valence-electron chi connectivity index (χ4n) is 3.64. The molecule has 0 aliphatic carbocycles. The summed E-state index contributed by atoms with van der Waals surface area (Å²) >= 11 is 0. The molecular weight excluding hydrogens is 258 g/mol. The molecule has 0 amide bonds. The van der Waals surface area contributed by atoms with Gasteiger partial charge in [-0.2, -0.15) is 0 Å². The van der Waals surface area contributed by atoms with Crippen molar-refractivity contribution in [3.8, 4) is 0 Å². The van der Waals surface area contributed by atoms with Crippen LogP contribution in [0, 0.1) is 0 Å². The van der Waals surface area contributed by atoms with E-state index in [1.165, 1.54) is 0 Å². The Kier molecular flexibility index (Phi) is 5.40. The van der Waals surface area contributed by atoms with Crippen molar-refractivity contribution >= 4 is 11.9 Å². The topological polar surface area (TPSA) is 55.8 Å². The van der Waals surface area contributed by atoms with Crippen LogP contribution in [0.4, 0.5) is 0 Å². The van der Waals surface area contributed by atoms with Crippen LogP contribution in [0.5, 0.6) is 0 Å². The molecule has 0 aromatic heterocycles. The predicted octanol–water partition coefficient (Wildman–Crippen LogP) is 1.89. The lowest BCUT2D eigenvalue weighted by Crippen LogP contribution is -2.40. The van der Waals surface area contributed by atoms with Gasteiger partial charge in [0.15, 0.2) is 0 Å². The minimum absolute atomic E-state index is 0.125. The van der Waals surface area contributed by atoms with Gasteiger partial charge in [-0.1, -0.05) is 0 Å². The molecule has 2 rings (SSSR count). The standard InChI is InChI=1S/C15H25NO4/c1-3-19-14(17)9-12-7-5-11-6-8-13(16(11)12)10-15(18)20-4-2/h11-13H,3-10H2,1-2H3/t12-,13-/m1/s1. The van der Waals surface area contributed by atoms with Gasteiger partial charge in [0.1, 0.15) is 0 Å². The van der Waals surface area contributed by atoms with E-state index in [9.17, 15) is 9.59 Å². The second-order valence-electron chi connectivity index (χ2n) is 5.58. The van der Waals surface area contributed by atoms with Crippen LogP contribution >= 0.6 is 0 Å². The van der Waals surface area contributed by atoms with Gasteiger partial charge in [0.05, 0.1) is 26.1 Å². The van der Waals surface area contributed by atoms with Crippen molar-refractivity contribution in [1.29, 1.82) is 0 Å². The maximum absolute atomic E-state index is 11.7. The Morgan fingerprint density at radius 3 is 1.75 bits per heavy atom. The number of fused-ring (bicyclic) bond motifs is 1. The van der Waals surface area contributed by atoms with Gasteiger partial charge in [0.25, 0.3) is 0 Å². The number of ether oxygens (including phenoxy) is 2. The van der Waals surface area contributed by atoms with Gasteiger partial charge < -0.3 is 9.47 Å². The molecule has 2 saturated heterocycles. The number of nitrogens with zero attached hydrogens (tertiary/aromatic N) is 1. The number of hydrogen-bond donors (Lipinski definition) is 0. The molecule has 0 spiro atoms. The molecule has 0 unspecified atom stereocenters. The first-order valence-corrected chi connectivity index (χ1v) is 7.74. The first-order valence-electron chi connectivity index (χ1n) is 7.74. The van der Waals surface area contributed by atoms with Gasteiger partial charge in [-0.15, -0.1) is 0 Å². The van der Waals surface area contributed by atoms with E-state index in [0.29, 0.717) is 32.1 Å². The molecule has 0 aromatic rings. The van der Waals surface area contributed by atoms with E-state index in [1.54, 1.807) is 0 Å². The van der Waals surface area contributed by atoms with Gasteiger partial charge in [-0.05, 0) is 39.5 Å². The Balaban J connectivity index is 1.92. The molecule has 2 fully saturated rings. The summed E-state index contributed by atoms with van der Waals surface area (Å²) in [5.74, 6) is -0.250. The maximum atomic E-state index is 11.7. The van der Waals surface area contributed by atoms with Crippen molar-refractivity contribution in [2.75, 3.05) is 13.2 Å². The Morgan fingerprint density at radius 1 is 0.900 bits per heavy atom. The molecule has 0 aromatic carbocycles. The van der Waals surface area contributed by atoms with Gasteiger partial charge in [0, 0.05) is 18.1 Å². The summed E-state index contributed by atoms with van der Waals surface area (Å²) in [5, 5.41) is 0. The average Bonchev–Trinajstić information content (AvgIpc) is 2.95. The predicted molar refractivity (Wildman–Crippen MR) is 74.2 cm³/mol. The third-order valence-corrected chi connectivity index (χ3v) is 4.35. The number of hydrogen-bond acceptors (Lipinski definition) is 5. The molecular formula is C15H25NO4. The van der Waals surface area contributed by atoms with Gasteiger partial charge in [-0.25, -0.2) is 0 Å². The van der Waals surface area contributed by atoms with E-state index in [-0.39, 0.29) is 24.0 Å². The SMILES string of the molecule is CCOC(=O)C[C@H]1CCC2CC[C@H](CC(=O)OCC)N21. The highest BCUT2D eigenvalue weighted by molar-refractivity contribution is 5.71. The van der Waals surface area contributed by atoms with Crippen molar-refractivity contribution < 1.29 is 19.1 Å². The van der Waals surface area contributed by atoms with Crippen molar-refractivity contribution in [3.05, 3.63) is 0 Å². The highest BCUT2D eigenvalue weighted by atomic mass is 16.5. The van der Waals surface area contributed by atoms with Crippen LogP contribution in [0.1, 0.15) is 52.4 Å². The summed E-state index contributed by atoms with van der Waals surface area (Å²) in [6, 6.07) is 1.01. The molecule has 0 N–H and O–H groups in total. The molecule has 2 aliphatic rings. The molecule has 20 heavy (non-hydrogen) atoms. The van der Waals surface area contributed by atoms with Crippen molar-refractivity contribution in [2.45, 2.75) is 70.5 Å². The zero-order valence-electron chi connectivity index (χ0n) is 12.5. The highest BCUT2D eigenvalue weighted by Gasteiger charge is 2.43. The van der Waals surface area contributed by atoms with Gasteiger partial charge in [-0.3, -0.25) is 14.5 Å². The Hall–Kier alpha value is -1.10. The van der Waals surface area contributed by atoms with E-state index in [1.807, 2.05) is 13.8 Å². The second kappa shape index (κ2) is 7.07. The lowest BCUT2D eigenvalue weighted by molar-refractivity contribution is -0.145. The van der Waals surface area contributed by atoms with Crippen molar-refractivity contribution in [3.63, 3.8) is 0 Å². The summed E-state index contributed by atoms with van der Waals surface area (Å²) in [6.07, 6.45) is 5.21. The lowest BCUT2D eigenvalue weighted by atomic mass is 10.0. The van der Waals surface area contributed by atoms with Crippen molar-refractivity contribution in [2.24, 2.45) is 0 Å². The van der Waals surface area contributed by atoms with Crippen LogP contribution in [-0.4, -0.2) is 48.2 Å². The zero-order chi connectivity index (χ0) is 14.5. The number of rotatable bonds is 6. The highest BCUT2D eigenvalue weighted by Crippen LogP contribution is 2.39. The largest absolute Gasteiger partial charge is 0.466 e. The second-order valence-corrected chi connectivity index (χ2v) is 5.58. The molecule has 0 saturated carbocycles. The summed E-state index contributed by atoms with van der Waals surface area (Å²) in [5.41, 5.74) is 0. The van der Waals surface area contributed by atoms with E-state index in [4.69, 9.17) is 9.47 Å². The maximum Gasteiger partial charge on any atom is 0.307 e. The van der Waals surface area contributed by atoms with E-state index < -0.39 is 0 Å². The van der Waals surface area contributed by atoms with Crippen LogP contribution in [0.3, 0.4) is 0 Å². The summed E-state index contributed by atoms with van der Waals surface area (Å²) in [7, 11) is 0. The minimum atomic E-state index is -0.125. The molecule has 2 aliphatic heterocycles. The van der Waals surface area contributed by atoms with Crippen LogP contribution in [0.2, 0.25) is 0 Å². The van der Waals surface area contributed by atoms with Gasteiger partial charge >= 0.3 is 11.9 Å². The smallest absolute Gasteiger partial charge is 0.307 e. The third-order valence-electron chi connectivity index (χ3n) is 4.35. The quantitative estimate of drug-likeness (QED) is 0.697. The van der Waals surface area contributed by atoms with E-state index in [0.717, 1.165) is 25.7 Å². The molecule has 5 heteroatoms. The minimum Gasteiger partial charge on any atom is -0.466 e. The normalized spacial score (nSPS) is 26.5. The number of carbonyl (C=O) groups is 2. The first-order chi connectivity index (χ1) is 9.65. The summed E-state index contributed by atoms with van der Waals surface area (Å²) in [6.45, 7) is 4.52. The van der Waals surface area contributed by atoms with E-state index >= 15 is 0 Å². The average molecular weight is 283 g/mol. The lowest BCUT2D eigenvalue weighted by Gasteiger charge is -2.29. The zero-order valence-corrected chi connectivity index (χ0v) is 12.5. The molecule has 2 atom stereocenters. The Bertz CT molecular complexity index is 326. The van der Waals surface area contributed by atoms with E-state index in [2.05, 4.69) is 4.90 Å².